The first-order valence-corrected chi connectivity index (χ1v) is 8.90. The molecule has 2 aromatic rings. The predicted octanol–water partition coefficient (Wildman–Crippen LogP) is 3.63. The monoisotopic (exact) mass is 482 g/mol. The lowest BCUT2D eigenvalue weighted by molar-refractivity contribution is -0.122. The van der Waals surface area contributed by atoms with Gasteiger partial charge in [-0.1, -0.05) is 23.7 Å². The first-order chi connectivity index (χ1) is 12.3. The molecule has 0 spiro atoms. The number of barbiturate groups is 1. The summed E-state index contributed by atoms with van der Waals surface area (Å²) >= 11 is 8.02. The van der Waals surface area contributed by atoms with Crippen molar-refractivity contribution in [3.05, 3.63) is 61.7 Å². The Morgan fingerprint density at radius 2 is 1.92 bits per heavy atom. The lowest BCUT2D eigenvalue weighted by Crippen LogP contribution is -2.54. The summed E-state index contributed by atoms with van der Waals surface area (Å²) in [5.41, 5.74) is 1.21. The Bertz CT molecular complexity index is 987. The maximum absolute atomic E-state index is 12.8. The van der Waals surface area contributed by atoms with Crippen molar-refractivity contribution >= 4 is 63.8 Å². The van der Waals surface area contributed by atoms with Gasteiger partial charge in [0.1, 0.15) is 11.3 Å². The number of urea groups is 1. The summed E-state index contributed by atoms with van der Waals surface area (Å²) < 4.78 is 0.569. The minimum Gasteiger partial charge on any atom is -0.507 e. The molecular weight excluding hydrogens is 471 g/mol. The zero-order valence-corrected chi connectivity index (χ0v) is 16.3. The molecule has 1 aliphatic heterocycles. The number of carbonyl (C=O) groups excluding carboxylic acids is 3. The van der Waals surface area contributed by atoms with Crippen molar-refractivity contribution in [2.24, 2.45) is 0 Å². The molecule has 2 aromatic carbocycles. The molecule has 132 valence electrons. The molecule has 0 unspecified atom stereocenters. The van der Waals surface area contributed by atoms with Crippen LogP contribution in [0.5, 0.6) is 5.75 Å². The van der Waals surface area contributed by atoms with Gasteiger partial charge in [-0.15, -0.1) is 0 Å². The van der Waals surface area contributed by atoms with Crippen LogP contribution in [0, 0.1) is 10.5 Å². The molecule has 1 saturated heterocycles. The molecule has 1 heterocycles. The highest BCUT2D eigenvalue weighted by Crippen LogP contribution is 2.30. The fraction of sp³-hybridized carbons (Fsp3) is 0.0556. The predicted molar refractivity (Wildman–Crippen MR) is 106 cm³/mol. The lowest BCUT2D eigenvalue weighted by Gasteiger charge is -2.27. The number of hydrogen-bond donors (Lipinski definition) is 2. The number of amides is 4. The number of carbonyl (C=O) groups is 3. The summed E-state index contributed by atoms with van der Waals surface area (Å²) in [7, 11) is 0. The lowest BCUT2D eigenvalue weighted by atomic mass is 10.1. The standard InChI is InChI=1S/C18H12ClIN2O4/c1-9-12(19)3-2-4-14(9)22-17(25)11(16(24)21-18(22)26)7-10-5-6-15(23)13(20)8-10/h2-8,23H,1H3,(H,21,24,26)/b11-7+. The number of anilines is 1. The summed E-state index contributed by atoms with van der Waals surface area (Å²) in [5.74, 6) is -1.43. The van der Waals surface area contributed by atoms with E-state index in [1.165, 1.54) is 12.1 Å². The molecule has 3 rings (SSSR count). The van der Waals surface area contributed by atoms with Gasteiger partial charge < -0.3 is 5.11 Å². The van der Waals surface area contributed by atoms with Crippen LogP contribution in [0.25, 0.3) is 6.08 Å². The van der Waals surface area contributed by atoms with Crippen molar-refractivity contribution < 1.29 is 19.5 Å². The van der Waals surface area contributed by atoms with Crippen molar-refractivity contribution in [1.82, 2.24) is 5.32 Å². The zero-order valence-electron chi connectivity index (χ0n) is 13.4. The Morgan fingerprint density at radius 3 is 2.62 bits per heavy atom. The SMILES string of the molecule is Cc1c(Cl)cccc1N1C(=O)NC(=O)/C(=C\c2ccc(O)c(I)c2)C1=O. The number of halogens is 2. The van der Waals surface area contributed by atoms with Gasteiger partial charge in [-0.25, -0.2) is 9.69 Å². The van der Waals surface area contributed by atoms with Crippen LogP contribution in [0.15, 0.2) is 42.0 Å². The van der Waals surface area contributed by atoms with E-state index in [-0.39, 0.29) is 11.3 Å². The Labute approximate surface area is 167 Å². The smallest absolute Gasteiger partial charge is 0.335 e. The molecule has 6 nitrogen and oxygen atoms in total. The number of phenolic OH excluding ortho intramolecular Hbond substituents is 1. The summed E-state index contributed by atoms with van der Waals surface area (Å²) in [5, 5.41) is 12.2. The number of phenols is 1. The number of imide groups is 2. The van der Waals surface area contributed by atoms with Crippen LogP contribution >= 0.6 is 34.2 Å². The van der Waals surface area contributed by atoms with E-state index in [0.29, 0.717) is 25.4 Å². The molecule has 1 fully saturated rings. The van der Waals surface area contributed by atoms with Gasteiger partial charge in [0.05, 0.1) is 9.26 Å². The van der Waals surface area contributed by atoms with Gasteiger partial charge in [-0.3, -0.25) is 14.9 Å². The van der Waals surface area contributed by atoms with Gasteiger partial charge in [-0.05, 0) is 71.0 Å². The molecule has 0 aliphatic carbocycles. The van der Waals surface area contributed by atoms with Crippen molar-refractivity contribution in [3.8, 4) is 5.75 Å². The summed E-state index contributed by atoms with van der Waals surface area (Å²) in [6, 6.07) is 8.66. The quantitative estimate of drug-likeness (QED) is 0.389. The van der Waals surface area contributed by atoms with E-state index in [1.807, 2.05) is 22.6 Å². The Kier molecular flexibility index (Phi) is 5.01. The normalized spacial score (nSPS) is 16.2. The molecule has 0 saturated carbocycles. The highest BCUT2D eigenvalue weighted by Gasteiger charge is 2.37. The van der Waals surface area contributed by atoms with E-state index < -0.39 is 17.8 Å². The fourth-order valence-electron chi connectivity index (χ4n) is 2.49. The van der Waals surface area contributed by atoms with Crippen LogP contribution in [-0.4, -0.2) is 23.0 Å². The first-order valence-electron chi connectivity index (χ1n) is 7.44. The molecule has 2 N–H and O–H groups in total. The Hall–Kier alpha value is -2.39. The van der Waals surface area contributed by atoms with E-state index >= 15 is 0 Å². The summed E-state index contributed by atoms with van der Waals surface area (Å²) in [6.07, 6.45) is 1.37. The van der Waals surface area contributed by atoms with Crippen molar-refractivity contribution in [2.75, 3.05) is 4.90 Å². The molecule has 8 heteroatoms. The maximum Gasteiger partial charge on any atom is 0.335 e. The van der Waals surface area contributed by atoms with Gasteiger partial charge >= 0.3 is 6.03 Å². The van der Waals surface area contributed by atoms with E-state index in [0.717, 1.165) is 4.90 Å². The topological polar surface area (TPSA) is 86.7 Å². The van der Waals surface area contributed by atoms with E-state index in [4.69, 9.17) is 11.6 Å². The van der Waals surface area contributed by atoms with Gasteiger partial charge in [0.15, 0.2) is 0 Å². The molecular formula is C18H12ClIN2O4. The molecule has 1 aliphatic rings. The van der Waals surface area contributed by atoms with Gasteiger partial charge in [-0.2, -0.15) is 0 Å². The first kappa shape index (κ1) is 18.4. The third kappa shape index (κ3) is 3.32. The number of rotatable bonds is 2. The Morgan fingerprint density at radius 1 is 1.19 bits per heavy atom. The highest BCUT2D eigenvalue weighted by atomic mass is 127. The number of nitrogens with zero attached hydrogens (tertiary/aromatic N) is 1. The molecule has 0 radical (unpaired) electrons. The van der Waals surface area contributed by atoms with E-state index in [9.17, 15) is 19.5 Å². The van der Waals surface area contributed by atoms with Crippen LogP contribution in [0.3, 0.4) is 0 Å². The molecule has 0 atom stereocenters. The summed E-state index contributed by atoms with van der Waals surface area (Å²) in [4.78, 5) is 38.2. The van der Waals surface area contributed by atoms with Gasteiger partial charge in [0.25, 0.3) is 11.8 Å². The number of nitrogens with one attached hydrogen (secondary N) is 1. The van der Waals surface area contributed by atoms with Gasteiger partial charge in [0.2, 0.25) is 0 Å². The Balaban J connectivity index is 2.07. The number of aromatic hydroxyl groups is 1. The van der Waals surface area contributed by atoms with Crippen LogP contribution in [0.2, 0.25) is 5.02 Å². The number of hydrogen-bond acceptors (Lipinski definition) is 4. The number of benzene rings is 2. The third-order valence-corrected chi connectivity index (χ3v) is 5.14. The second-order valence-electron chi connectivity index (χ2n) is 5.55. The van der Waals surface area contributed by atoms with Crippen molar-refractivity contribution in [2.45, 2.75) is 6.92 Å². The average Bonchev–Trinajstić information content (AvgIpc) is 2.58. The molecule has 0 aromatic heterocycles. The zero-order chi connectivity index (χ0) is 19.0. The van der Waals surface area contributed by atoms with E-state index in [2.05, 4.69) is 5.32 Å². The highest BCUT2D eigenvalue weighted by molar-refractivity contribution is 14.1. The van der Waals surface area contributed by atoms with Gasteiger partial charge in [0, 0.05) is 5.02 Å². The molecule has 26 heavy (non-hydrogen) atoms. The second kappa shape index (κ2) is 7.08. The van der Waals surface area contributed by atoms with Crippen LogP contribution in [-0.2, 0) is 9.59 Å². The molecule has 4 amide bonds. The van der Waals surface area contributed by atoms with Crippen LogP contribution < -0.4 is 10.2 Å². The minimum absolute atomic E-state index is 0.0959. The summed E-state index contributed by atoms with van der Waals surface area (Å²) in [6.45, 7) is 1.68. The van der Waals surface area contributed by atoms with Crippen molar-refractivity contribution in [1.29, 1.82) is 0 Å². The van der Waals surface area contributed by atoms with Crippen molar-refractivity contribution in [3.63, 3.8) is 0 Å². The van der Waals surface area contributed by atoms with E-state index in [1.54, 1.807) is 37.3 Å². The molecule has 0 bridgehead atoms. The van der Waals surface area contributed by atoms with Crippen LogP contribution in [0.1, 0.15) is 11.1 Å². The maximum atomic E-state index is 12.8. The average molecular weight is 483 g/mol. The second-order valence-corrected chi connectivity index (χ2v) is 7.12. The fourth-order valence-corrected chi connectivity index (χ4v) is 3.20. The largest absolute Gasteiger partial charge is 0.507 e. The third-order valence-electron chi connectivity index (χ3n) is 3.86. The minimum atomic E-state index is -0.831. The van der Waals surface area contributed by atoms with Crippen LogP contribution in [0.4, 0.5) is 10.5 Å².